The molecule has 0 aromatic heterocycles. The fourth-order valence-corrected chi connectivity index (χ4v) is 3.11. The second-order valence-corrected chi connectivity index (χ2v) is 6.60. The van der Waals surface area contributed by atoms with Gasteiger partial charge in [0.15, 0.2) is 0 Å². The van der Waals surface area contributed by atoms with Crippen molar-refractivity contribution in [2.45, 2.75) is 63.6 Å². The molecule has 19 heavy (non-hydrogen) atoms. The topological polar surface area (TPSA) is 44.4 Å². The molecule has 3 rings (SSSR count). The molecule has 2 atom stereocenters. The van der Waals surface area contributed by atoms with Gasteiger partial charge in [0.25, 0.3) is 0 Å². The van der Waals surface area contributed by atoms with Crippen molar-refractivity contribution in [3.05, 3.63) is 0 Å². The van der Waals surface area contributed by atoms with Gasteiger partial charge in [0.2, 0.25) is 5.91 Å². The minimum Gasteiger partial charge on any atom is -0.352 e. The van der Waals surface area contributed by atoms with Crippen LogP contribution in [0.5, 0.6) is 0 Å². The van der Waals surface area contributed by atoms with Gasteiger partial charge in [-0.15, -0.1) is 0 Å². The molecule has 108 valence electrons. The van der Waals surface area contributed by atoms with E-state index >= 15 is 0 Å². The Morgan fingerprint density at radius 2 is 2.11 bits per heavy atom. The molecule has 2 saturated carbocycles. The summed E-state index contributed by atoms with van der Waals surface area (Å²) < 4.78 is 0. The SMILES string of the molecule is CC(C(=O)NC1CC1)N(CC1CCCNC1)C1CC1. The molecule has 0 bridgehead atoms. The molecule has 0 aromatic rings. The van der Waals surface area contributed by atoms with E-state index in [4.69, 9.17) is 0 Å². The van der Waals surface area contributed by atoms with Crippen molar-refractivity contribution in [2.24, 2.45) is 5.92 Å². The Balaban J connectivity index is 1.54. The van der Waals surface area contributed by atoms with Crippen LogP contribution in [0.3, 0.4) is 0 Å². The first-order chi connectivity index (χ1) is 9.24. The van der Waals surface area contributed by atoms with E-state index in [1.165, 1.54) is 38.5 Å². The van der Waals surface area contributed by atoms with Gasteiger partial charge >= 0.3 is 0 Å². The third kappa shape index (κ3) is 3.69. The van der Waals surface area contributed by atoms with Crippen molar-refractivity contribution in [2.75, 3.05) is 19.6 Å². The summed E-state index contributed by atoms with van der Waals surface area (Å²) in [5.74, 6) is 0.976. The van der Waals surface area contributed by atoms with Crippen molar-refractivity contribution >= 4 is 5.91 Å². The highest BCUT2D eigenvalue weighted by atomic mass is 16.2. The van der Waals surface area contributed by atoms with Crippen LogP contribution in [0.2, 0.25) is 0 Å². The highest BCUT2D eigenvalue weighted by Crippen LogP contribution is 2.30. The number of rotatable bonds is 6. The summed E-state index contributed by atoms with van der Waals surface area (Å²) in [6.45, 7) is 5.47. The summed E-state index contributed by atoms with van der Waals surface area (Å²) in [6.07, 6.45) is 7.50. The fraction of sp³-hybridized carbons (Fsp3) is 0.933. The average Bonchev–Trinajstić information content (AvgIpc) is 3.29. The van der Waals surface area contributed by atoms with Crippen LogP contribution in [-0.2, 0) is 4.79 Å². The highest BCUT2D eigenvalue weighted by molar-refractivity contribution is 5.82. The van der Waals surface area contributed by atoms with Gasteiger partial charge in [-0.05, 0) is 64.5 Å². The molecule has 1 amide bonds. The lowest BCUT2D eigenvalue weighted by Crippen LogP contribution is -2.50. The van der Waals surface area contributed by atoms with Gasteiger partial charge in [-0.2, -0.15) is 0 Å². The quantitative estimate of drug-likeness (QED) is 0.756. The van der Waals surface area contributed by atoms with Crippen LogP contribution in [0, 0.1) is 5.92 Å². The normalized spacial score (nSPS) is 29.3. The Hall–Kier alpha value is -0.610. The predicted molar refractivity (Wildman–Crippen MR) is 75.9 cm³/mol. The smallest absolute Gasteiger partial charge is 0.237 e. The summed E-state index contributed by atoms with van der Waals surface area (Å²) >= 11 is 0. The zero-order valence-electron chi connectivity index (χ0n) is 12.0. The zero-order valence-corrected chi connectivity index (χ0v) is 12.0. The van der Waals surface area contributed by atoms with Crippen molar-refractivity contribution in [3.63, 3.8) is 0 Å². The van der Waals surface area contributed by atoms with E-state index in [2.05, 4.69) is 22.5 Å². The van der Waals surface area contributed by atoms with Crippen LogP contribution < -0.4 is 10.6 Å². The average molecular weight is 265 g/mol. The first kappa shape index (κ1) is 13.4. The predicted octanol–water partition coefficient (Wildman–Crippen LogP) is 1.12. The first-order valence-corrected chi connectivity index (χ1v) is 8.01. The Bertz CT molecular complexity index is 319. The molecule has 1 aliphatic heterocycles. The van der Waals surface area contributed by atoms with Gasteiger partial charge in [0, 0.05) is 18.6 Å². The van der Waals surface area contributed by atoms with E-state index in [9.17, 15) is 4.79 Å². The molecule has 0 spiro atoms. The molecule has 1 saturated heterocycles. The fourth-order valence-electron chi connectivity index (χ4n) is 3.11. The number of nitrogens with one attached hydrogen (secondary N) is 2. The van der Waals surface area contributed by atoms with E-state index < -0.39 is 0 Å². The molecule has 2 unspecified atom stereocenters. The second-order valence-electron chi connectivity index (χ2n) is 6.60. The van der Waals surface area contributed by atoms with Crippen molar-refractivity contribution in [1.82, 2.24) is 15.5 Å². The number of amides is 1. The summed E-state index contributed by atoms with van der Waals surface area (Å²) in [7, 11) is 0. The number of carbonyl (C=O) groups is 1. The minimum absolute atomic E-state index is 0.0510. The van der Waals surface area contributed by atoms with Crippen LogP contribution in [0.4, 0.5) is 0 Å². The Morgan fingerprint density at radius 1 is 1.32 bits per heavy atom. The van der Waals surface area contributed by atoms with Gasteiger partial charge in [-0.25, -0.2) is 0 Å². The van der Waals surface area contributed by atoms with Crippen LogP contribution >= 0.6 is 0 Å². The standard InChI is InChI=1S/C15H27N3O/c1-11(15(19)17-13-4-5-13)18(14-6-7-14)10-12-3-2-8-16-9-12/h11-14,16H,2-10H2,1H3,(H,17,19). The summed E-state index contributed by atoms with van der Waals surface area (Å²) in [5.41, 5.74) is 0. The van der Waals surface area contributed by atoms with Crippen LogP contribution in [0.1, 0.15) is 45.4 Å². The maximum absolute atomic E-state index is 12.2. The largest absolute Gasteiger partial charge is 0.352 e. The van der Waals surface area contributed by atoms with E-state index in [1.807, 2.05) is 0 Å². The van der Waals surface area contributed by atoms with Gasteiger partial charge in [0.1, 0.15) is 0 Å². The molecule has 3 fully saturated rings. The Labute approximate surface area is 116 Å². The number of hydrogen-bond acceptors (Lipinski definition) is 3. The molecule has 2 aliphatic carbocycles. The van der Waals surface area contributed by atoms with E-state index in [0.717, 1.165) is 25.6 Å². The van der Waals surface area contributed by atoms with Crippen molar-refractivity contribution in [1.29, 1.82) is 0 Å². The van der Waals surface area contributed by atoms with Crippen molar-refractivity contribution in [3.8, 4) is 0 Å². The molecule has 1 heterocycles. The number of piperidine rings is 1. The summed E-state index contributed by atoms with van der Waals surface area (Å²) in [6, 6.07) is 1.20. The van der Waals surface area contributed by atoms with E-state index in [0.29, 0.717) is 12.1 Å². The van der Waals surface area contributed by atoms with Gasteiger partial charge in [0.05, 0.1) is 6.04 Å². The maximum Gasteiger partial charge on any atom is 0.237 e. The first-order valence-electron chi connectivity index (χ1n) is 8.01. The second kappa shape index (κ2) is 5.80. The molecule has 2 N–H and O–H groups in total. The molecule has 4 heteroatoms. The lowest BCUT2D eigenvalue weighted by Gasteiger charge is -2.33. The highest BCUT2D eigenvalue weighted by Gasteiger charge is 2.37. The number of nitrogens with zero attached hydrogens (tertiary/aromatic N) is 1. The molecule has 0 radical (unpaired) electrons. The lowest BCUT2D eigenvalue weighted by molar-refractivity contribution is -0.126. The maximum atomic E-state index is 12.2. The van der Waals surface area contributed by atoms with Crippen LogP contribution in [0.15, 0.2) is 0 Å². The van der Waals surface area contributed by atoms with Gasteiger partial charge in [-0.1, -0.05) is 0 Å². The molecular formula is C15H27N3O. The van der Waals surface area contributed by atoms with Crippen LogP contribution in [-0.4, -0.2) is 48.6 Å². The molecule has 0 aromatic carbocycles. The zero-order chi connectivity index (χ0) is 13.2. The van der Waals surface area contributed by atoms with E-state index in [1.54, 1.807) is 0 Å². The van der Waals surface area contributed by atoms with E-state index in [-0.39, 0.29) is 11.9 Å². The monoisotopic (exact) mass is 265 g/mol. The minimum atomic E-state index is 0.0510. The summed E-state index contributed by atoms with van der Waals surface area (Å²) in [4.78, 5) is 14.7. The van der Waals surface area contributed by atoms with Crippen molar-refractivity contribution < 1.29 is 4.79 Å². The van der Waals surface area contributed by atoms with Gasteiger partial charge in [-0.3, -0.25) is 9.69 Å². The molecular weight excluding hydrogens is 238 g/mol. The number of hydrogen-bond donors (Lipinski definition) is 2. The molecule has 4 nitrogen and oxygen atoms in total. The van der Waals surface area contributed by atoms with Gasteiger partial charge < -0.3 is 10.6 Å². The third-order valence-corrected chi connectivity index (χ3v) is 4.68. The Kier molecular flexibility index (Phi) is 4.08. The third-order valence-electron chi connectivity index (χ3n) is 4.68. The lowest BCUT2D eigenvalue weighted by atomic mass is 9.98. The van der Waals surface area contributed by atoms with Crippen LogP contribution in [0.25, 0.3) is 0 Å². The molecule has 3 aliphatic rings. The number of carbonyl (C=O) groups excluding carboxylic acids is 1. The summed E-state index contributed by atoms with van der Waals surface area (Å²) in [5, 5.41) is 6.64. The Morgan fingerprint density at radius 3 is 2.68 bits per heavy atom.